The van der Waals surface area contributed by atoms with Crippen LogP contribution >= 0.6 is 38.9 Å². The van der Waals surface area contributed by atoms with Gasteiger partial charge in [0.15, 0.2) is 4.47 Å². The van der Waals surface area contributed by atoms with Crippen molar-refractivity contribution in [2.45, 2.75) is 12.7 Å². The molecule has 0 atom stereocenters. The molecule has 0 radical (unpaired) electrons. The number of hydrogen-bond donors (Lipinski definition) is 1. The lowest BCUT2D eigenvalue weighted by molar-refractivity contribution is -0.138. The van der Waals surface area contributed by atoms with Crippen LogP contribution in [0.25, 0.3) is 0 Å². The number of nitrogens with zero attached hydrogens (tertiary/aromatic N) is 1. The zero-order valence-electron chi connectivity index (χ0n) is 9.56. The summed E-state index contributed by atoms with van der Waals surface area (Å²) in [4.78, 5) is 4.53. The van der Waals surface area contributed by atoms with Crippen molar-refractivity contribution in [3.8, 4) is 0 Å². The number of nitrogens with one attached hydrogen (secondary N) is 1. The molecule has 0 fully saturated rings. The van der Waals surface area contributed by atoms with Crippen molar-refractivity contribution in [1.29, 1.82) is 0 Å². The fraction of sp³-hybridized carbons (Fsp3) is 0.182. The number of benzene rings is 1. The van der Waals surface area contributed by atoms with E-state index in [1.165, 1.54) is 17.5 Å². The zero-order chi connectivity index (χ0) is 14.9. The molecule has 108 valence electrons. The molecule has 0 aliphatic heterocycles. The van der Waals surface area contributed by atoms with Gasteiger partial charge in [0, 0.05) is 16.8 Å². The van der Waals surface area contributed by atoms with E-state index in [2.05, 4.69) is 26.2 Å². The quantitative estimate of drug-likeness (QED) is 0.718. The first-order valence-corrected chi connectivity index (χ1v) is 7.16. The van der Waals surface area contributed by atoms with Crippen LogP contribution in [0.3, 0.4) is 0 Å². The van der Waals surface area contributed by atoms with Gasteiger partial charge in [-0.2, -0.15) is 13.2 Å². The van der Waals surface area contributed by atoms with Crippen LogP contribution in [0, 0.1) is 5.82 Å². The van der Waals surface area contributed by atoms with Crippen LogP contribution in [0.15, 0.2) is 22.8 Å². The Labute approximate surface area is 128 Å². The Balaban J connectivity index is 2.22. The minimum absolute atomic E-state index is 0.0301. The molecule has 0 aliphatic rings. The lowest BCUT2D eigenvalue weighted by Gasteiger charge is -2.13. The number of hydrogen-bond acceptors (Lipinski definition) is 3. The molecule has 0 amide bonds. The number of aromatic nitrogens is 1. The number of rotatable bonds is 3. The SMILES string of the molecule is Fc1cc(NCc2cnc(Cl)s2)cc(C(F)(F)F)c1Br. The third kappa shape index (κ3) is 3.62. The van der Waals surface area contributed by atoms with E-state index in [0.717, 1.165) is 17.0 Å². The van der Waals surface area contributed by atoms with E-state index < -0.39 is 22.0 Å². The van der Waals surface area contributed by atoms with Crippen LogP contribution in [0.2, 0.25) is 4.47 Å². The molecule has 2 nitrogen and oxygen atoms in total. The lowest BCUT2D eigenvalue weighted by Crippen LogP contribution is -2.09. The fourth-order valence-corrected chi connectivity index (χ4v) is 2.82. The van der Waals surface area contributed by atoms with E-state index in [1.807, 2.05) is 0 Å². The van der Waals surface area contributed by atoms with Crippen LogP contribution in [-0.2, 0) is 12.7 Å². The summed E-state index contributed by atoms with van der Waals surface area (Å²) >= 11 is 9.43. The number of alkyl halides is 3. The van der Waals surface area contributed by atoms with Crippen LogP contribution in [0.1, 0.15) is 10.4 Å². The van der Waals surface area contributed by atoms with Gasteiger partial charge in [0.05, 0.1) is 16.6 Å². The van der Waals surface area contributed by atoms with Gasteiger partial charge in [0.1, 0.15) is 5.82 Å². The van der Waals surface area contributed by atoms with E-state index in [9.17, 15) is 17.6 Å². The maximum atomic E-state index is 13.5. The molecule has 1 N–H and O–H groups in total. The topological polar surface area (TPSA) is 24.9 Å². The molecule has 0 spiro atoms. The van der Waals surface area contributed by atoms with Crippen molar-refractivity contribution in [3.63, 3.8) is 0 Å². The summed E-state index contributed by atoms with van der Waals surface area (Å²) in [6.45, 7) is 0.211. The van der Waals surface area contributed by atoms with Gasteiger partial charge < -0.3 is 5.32 Å². The number of anilines is 1. The second-order valence-corrected chi connectivity index (χ2v) is 6.24. The monoisotopic (exact) mass is 388 g/mol. The molecule has 0 aliphatic carbocycles. The molecular formula is C11H6BrClF4N2S. The third-order valence-electron chi connectivity index (χ3n) is 2.33. The highest BCUT2D eigenvalue weighted by molar-refractivity contribution is 9.10. The van der Waals surface area contributed by atoms with E-state index in [1.54, 1.807) is 0 Å². The van der Waals surface area contributed by atoms with Crippen LogP contribution in [0.4, 0.5) is 23.2 Å². The molecule has 0 saturated carbocycles. The Morgan fingerprint density at radius 3 is 2.60 bits per heavy atom. The average Bonchev–Trinajstić information content (AvgIpc) is 2.75. The van der Waals surface area contributed by atoms with Gasteiger partial charge in [0.2, 0.25) is 0 Å². The van der Waals surface area contributed by atoms with Gasteiger partial charge in [-0.05, 0) is 28.1 Å². The Morgan fingerprint density at radius 2 is 2.05 bits per heavy atom. The van der Waals surface area contributed by atoms with Gasteiger partial charge in [-0.25, -0.2) is 9.37 Å². The van der Waals surface area contributed by atoms with Gasteiger partial charge in [-0.15, -0.1) is 11.3 Å². The molecule has 2 rings (SSSR count). The predicted octanol–water partition coefficient (Wildman–Crippen LogP) is 5.33. The van der Waals surface area contributed by atoms with E-state index in [0.29, 0.717) is 4.47 Å². The fourth-order valence-electron chi connectivity index (χ4n) is 1.45. The summed E-state index contributed by atoms with van der Waals surface area (Å²) in [6.07, 6.45) is -3.13. The second kappa shape index (κ2) is 5.87. The molecule has 1 aromatic carbocycles. The van der Waals surface area contributed by atoms with Crippen molar-refractivity contribution in [2.75, 3.05) is 5.32 Å². The summed E-state index contributed by atoms with van der Waals surface area (Å²) < 4.78 is 51.4. The zero-order valence-corrected chi connectivity index (χ0v) is 12.7. The highest BCUT2D eigenvalue weighted by Crippen LogP contribution is 2.38. The molecule has 0 unspecified atom stereocenters. The molecule has 1 aromatic heterocycles. The normalized spacial score (nSPS) is 11.7. The minimum Gasteiger partial charge on any atom is -0.380 e. The highest BCUT2D eigenvalue weighted by atomic mass is 79.9. The first kappa shape index (κ1) is 15.5. The van der Waals surface area contributed by atoms with E-state index >= 15 is 0 Å². The molecule has 0 saturated heterocycles. The largest absolute Gasteiger partial charge is 0.417 e. The molecule has 20 heavy (non-hydrogen) atoms. The summed E-state index contributed by atoms with van der Waals surface area (Å²) in [5, 5.41) is 2.71. The molecule has 0 bridgehead atoms. The smallest absolute Gasteiger partial charge is 0.380 e. The van der Waals surface area contributed by atoms with Crippen molar-refractivity contribution in [3.05, 3.63) is 43.5 Å². The molecule has 9 heteroatoms. The van der Waals surface area contributed by atoms with Crippen LogP contribution in [-0.4, -0.2) is 4.98 Å². The van der Waals surface area contributed by atoms with Crippen LogP contribution in [0.5, 0.6) is 0 Å². The van der Waals surface area contributed by atoms with E-state index in [-0.39, 0.29) is 12.2 Å². The highest BCUT2D eigenvalue weighted by Gasteiger charge is 2.34. The Morgan fingerprint density at radius 1 is 1.35 bits per heavy atom. The number of thiazole rings is 1. The molecular weight excluding hydrogens is 384 g/mol. The maximum Gasteiger partial charge on any atom is 0.417 e. The van der Waals surface area contributed by atoms with Gasteiger partial charge in [-0.1, -0.05) is 11.6 Å². The van der Waals surface area contributed by atoms with Crippen molar-refractivity contribution >= 4 is 44.6 Å². The van der Waals surface area contributed by atoms with Gasteiger partial charge in [0.25, 0.3) is 0 Å². The summed E-state index contributed by atoms with van der Waals surface area (Å²) in [5.41, 5.74) is -1.04. The summed E-state index contributed by atoms with van der Waals surface area (Å²) in [6, 6.07) is 1.83. The Bertz CT molecular complexity index is 629. The summed E-state index contributed by atoms with van der Waals surface area (Å²) in [5.74, 6) is -0.982. The molecule has 1 heterocycles. The van der Waals surface area contributed by atoms with E-state index in [4.69, 9.17) is 11.6 Å². The number of halogens is 6. The Hall–Kier alpha value is -0.860. The standard InChI is InChI=1S/C11H6BrClF4N2S/c12-9-7(11(15,16)17)1-5(2-8(9)14)18-3-6-4-19-10(13)20-6/h1-2,4,18H,3H2. The maximum absolute atomic E-state index is 13.5. The predicted molar refractivity (Wildman–Crippen MR) is 73.6 cm³/mol. The minimum atomic E-state index is -4.63. The summed E-state index contributed by atoms with van der Waals surface area (Å²) in [7, 11) is 0. The average molecular weight is 390 g/mol. The van der Waals surface area contributed by atoms with Crippen LogP contribution < -0.4 is 5.32 Å². The van der Waals surface area contributed by atoms with Gasteiger partial charge >= 0.3 is 6.18 Å². The van der Waals surface area contributed by atoms with Crippen molar-refractivity contribution in [2.24, 2.45) is 0 Å². The van der Waals surface area contributed by atoms with Gasteiger partial charge in [-0.3, -0.25) is 0 Å². The van der Waals surface area contributed by atoms with Crippen molar-refractivity contribution < 1.29 is 17.6 Å². The molecule has 2 aromatic rings. The third-order valence-corrected chi connectivity index (χ3v) is 4.25. The lowest BCUT2D eigenvalue weighted by atomic mass is 10.2. The van der Waals surface area contributed by atoms with Crippen molar-refractivity contribution in [1.82, 2.24) is 4.98 Å². The first-order valence-electron chi connectivity index (χ1n) is 5.17. The second-order valence-electron chi connectivity index (χ2n) is 3.75. The Kier molecular flexibility index (Phi) is 4.55. The first-order chi connectivity index (χ1) is 9.27.